The van der Waals surface area contributed by atoms with E-state index in [2.05, 4.69) is 34.5 Å². The lowest BCUT2D eigenvalue weighted by Crippen LogP contribution is -2.54. The molecule has 1 saturated carbocycles. The van der Waals surface area contributed by atoms with Crippen molar-refractivity contribution < 1.29 is 4.74 Å². The van der Waals surface area contributed by atoms with Crippen molar-refractivity contribution in [2.24, 2.45) is 0 Å². The summed E-state index contributed by atoms with van der Waals surface area (Å²) in [6.07, 6.45) is 6.88. The zero-order valence-corrected chi connectivity index (χ0v) is 17.9. The van der Waals surface area contributed by atoms with Gasteiger partial charge in [0.25, 0.3) is 0 Å². The maximum absolute atomic E-state index is 6.03. The van der Waals surface area contributed by atoms with Crippen LogP contribution in [0.5, 0.6) is 5.75 Å². The lowest BCUT2D eigenvalue weighted by Gasteiger charge is -2.38. The Bertz CT molecular complexity index is 714. The van der Waals surface area contributed by atoms with Gasteiger partial charge in [0.15, 0.2) is 0 Å². The monoisotopic (exact) mass is 420 g/mol. The van der Waals surface area contributed by atoms with E-state index < -0.39 is 0 Å². The summed E-state index contributed by atoms with van der Waals surface area (Å²) < 4.78 is 6.03. The molecule has 2 aromatic rings. The van der Waals surface area contributed by atoms with E-state index >= 15 is 0 Å². The van der Waals surface area contributed by atoms with Gasteiger partial charge in [-0.25, -0.2) is 0 Å². The molecule has 152 valence electrons. The van der Waals surface area contributed by atoms with Crippen LogP contribution in [0, 0.1) is 0 Å². The number of nitrogens with one attached hydrogen (secondary N) is 1. The average molecular weight is 421 g/mol. The highest BCUT2D eigenvalue weighted by Gasteiger charge is 2.24. The summed E-state index contributed by atoms with van der Waals surface area (Å²) in [6.45, 7) is 3.64. The van der Waals surface area contributed by atoms with E-state index in [0.29, 0.717) is 12.6 Å². The summed E-state index contributed by atoms with van der Waals surface area (Å²) in [7, 11) is 0. The molecule has 4 rings (SSSR count). The van der Waals surface area contributed by atoms with Gasteiger partial charge in [-0.1, -0.05) is 43.0 Å². The van der Waals surface area contributed by atoms with E-state index in [-0.39, 0.29) is 12.4 Å². The van der Waals surface area contributed by atoms with Gasteiger partial charge in [-0.05, 0) is 60.7 Å². The lowest BCUT2D eigenvalue weighted by molar-refractivity contribution is 0.267. The Labute approximate surface area is 179 Å². The SMILES string of the molecule is Cl.Clc1ccc(OCC2CNCCN2c2ccc(C3CCCCC3)cc2)cc1. The van der Waals surface area contributed by atoms with Gasteiger partial charge in [-0.3, -0.25) is 0 Å². The maximum Gasteiger partial charge on any atom is 0.119 e. The van der Waals surface area contributed by atoms with Crippen LogP contribution >= 0.6 is 24.0 Å². The summed E-state index contributed by atoms with van der Waals surface area (Å²) in [5, 5.41) is 4.24. The van der Waals surface area contributed by atoms with Crippen LogP contribution in [0.3, 0.4) is 0 Å². The van der Waals surface area contributed by atoms with E-state index in [1.807, 2.05) is 24.3 Å². The molecule has 5 heteroatoms. The predicted octanol–water partition coefficient (Wildman–Crippen LogP) is 5.67. The summed E-state index contributed by atoms with van der Waals surface area (Å²) in [6, 6.07) is 17.3. The number of hydrogen-bond donors (Lipinski definition) is 1. The summed E-state index contributed by atoms with van der Waals surface area (Å²) in [5.74, 6) is 1.64. The van der Waals surface area contributed by atoms with Crippen LogP contribution in [-0.2, 0) is 0 Å². The van der Waals surface area contributed by atoms with E-state index in [1.54, 1.807) is 0 Å². The molecule has 1 aliphatic heterocycles. The molecule has 28 heavy (non-hydrogen) atoms. The van der Waals surface area contributed by atoms with Gasteiger partial charge < -0.3 is 15.0 Å². The fourth-order valence-corrected chi connectivity index (χ4v) is 4.47. The highest BCUT2D eigenvalue weighted by Crippen LogP contribution is 2.33. The van der Waals surface area contributed by atoms with E-state index in [4.69, 9.17) is 16.3 Å². The minimum absolute atomic E-state index is 0. The number of piperazine rings is 1. The van der Waals surface area contributed by atoms with Crippen molar-refractivity contribution >= 4 is 29.7 Å². The van der Waals surface area contributed by atoms with Gasteiger partial charge in [0, 0.05) is 30.3 Å². The molecule has 2 aromatic carbocycles. The predicted molar refractivity (Wildman–Crippen MR) is 120 cm³/mol. The standard InChI is InChI=1S/C23H29ClN2O.ClH/c24-20-8-12-23(13-9-20)27-17-22-16-25-14-15-26(22)21-10-6-19(7-11-21)18-4-2-1-3-5-18;/h6-13,18,22,25H,1-5,14-17H2;1H. The van der Waals surface area contributed by atoms with Crippen LogP contribution in [-0.4, -0.2) is 32.3 Å². The summed E-state index contributed by atoms with van der Waals surface area (Å²) in [5.41, 5.74) is 2.82. The van der Waals surface area contributed by atoms with Gasteiger partial charge in [0.05, 0.1) is 6.04 Å². The molecule has 0 bridgehead atoms. The highest BCUT2D eigenvalue weighted by atomic mass is 35.5. The van der Waals surface area contributed by atoms with Crippen molar-refractivity contribution in [1.82, 2.24) is 5.32 Å². The molecule has 0 spiro atoms. The van der Waals surface area contributed by atoms with Crippen LogP contribution in [0.25, 0.3) is 0 Å². The molecule has 1 unspecified atom stereocenters. The van der Waals surface area contributed by atoms with Gasteiger partial charge >= 0.3 is 0 Å². The third kappa shape index (κ3) is 5.34. The summed E-state index contributed by atoms with van der Waals surface area (Å²) >= 11 is 5.96. The normalized spacial score (nSPS) is 20.5. The summed E-state index contributed by atoms with van der Waals surface area (Å²) in [4.78, 5) is 2.48. The maximum atomic E-state index is 6.03. The van der Waals surface area contributed by atoms with Crippen LogP contribution < -0.4 is 15.0 Å². The molecule has 2 aliphatic rings. The van der Waals surface area contributed by atoms with Gasteiger partial charge in [0.2, 0.25) is 0 Å². The first-order valence-corrected chi connectivity index (χ1v) is 10.6. The molecule has 2 fully saturated rings. The van der Waals surface area contributed by atoms with Crippen molar-refractivity contribution in [3.63, 3.8) is 0 Å². The number of anilines is 1. The highest BCUT2D eigenvalue weighted by molar-refractivity contribution is 6.30. The van der Waals surface area contributed by atoms with Crippen LogP contribution in [0.2, 0.25) is 5.02 Å². The molecule has 1 saturated heterocycles. The second-order valence-corrected chi connectivity index (χ2v) is 8.18. The molecule has 0 radical (unpaired) electrons. The number of nitrogens with zero attached hydrogens (tertiary/aromatic N) is 1. The van der Waals surface area contributed by atoms with Crippen molar-refractivity contribution in [1.29, 1.82) is 0 Å². The Hall–Kier alpha value is -1.42. The minimum atomic E-state index is 0. The first kappa shape index (κ1) is 21.3. The number of rotatable bonds is 5. The molecular weight excluding hydrogens is 391 g/mol. The van der Waals surface area contributed by atoms with Crippen LogP contribution in [0.15, 0.2) is 48.5 Å². The molecular formula is C23H30Cl2N2O. The van der Waals surface area contributed by atoms with Crippen molar-refractivity contribution in [2.75, 3.05) is 31.1 Å². The van der Waals surface area contributed by atoms with Gasteiger partial charge in [0.1, 0.15) is 12.4 Å². The topological polar surface area (TPSA) is 24.5 Å². The molecule has 0 aromatic heterocycles. The van der Waals surface area contributed by atoms with E-state index in [0.717, 1.165) is 36.3 Å². The third-order valence-electron chi connectivity index (χ3n) is 5.91. The molecule has 1 heterocycles. The van der Waals surface area contributed by atoms with Crippen molar-refractivity contribution in [2.45, 2.75) is 44.1 Å². The fourth-order valence-electron chi connectivity index (χ4n) is 4.35. The largest absolute Gasteiger partial charge is 0.491 e. The fraction of sp³-hybridized carbons (Fsp3) is 0.478. The zero-order chi connectivity index (χ0) is 18.5. The minimum Gasteiger partial charge on any atom is -0.491 e. The van der Waals surface area contributed by atoms with Gasteiger partial charge in [-0.2, -0.15) is 0 Å². The quantitative estimate of drug-likeness (QED) is 0.674. The number of benzene rings is 2. The number of halogens is 2. The first-order valence-electron chi connectivity index (χ1n) is 10.3. The number of hydrogen-bond acceptors (Lipinski definition) is 3. The van der Waals surface area contributed by atoms with Crippen LogP contribution in [0.1, 0.15) is 43.6 Å². The zero-order valence-electron chi connectivity index (χ0n) is 16.3. The lowest BCUT2D eigenvalue weighted by atomic mass is 9.84. The Morgan fingerprint density at radius 3 is 2.39 bits per heavy atom. The Morgan fingerprint density at radius 2 is 1.68 bits per heavy atom. The molecule has 3 nitrogen and oxygen atoms in total. The third-order valence-corrected chi connectivity index (χ3v) is 6.16. The van der Waals surface area contributed by atoms with Crippen LogP contribution in [0.4, 0.5) is 5.69 Å². The molecule has 1 N–H and O–H groups in total. The van der Waals surface area contributed by atoms with Crippen molar-refractivity contribution in [3.8, 4) is 5.75 Å². The molecule has 1 atom stereocenters. The van der Waals surface area contributed by atoms with E-state index in [9.17, 15) is 0 Å². The number of ether oxygens (including phenoxy) is 1. The van der Waals surface area contributed by atoms with E-state index in [1.165, 1.54) is 43.4 Å². The Balaban J connectivity index is 0.00000225. The van der Waals surface area contributed by atoms with Crippen molar-refractivity contribution in [3.05, 3.63) is 59.1 Å². The van der Waals surface area contributed by atoms with Gasteiger partial charge in [-0.15, -0.1) is 12.4 Å². The smallest absolute Gasteiger partial charge is 0.119 e. The second kappa shape index (κ2) is 10.4. The molecule has 0 amide bonds. The Morgan fingerprint density at radius 1 is 0.964 bits per heavy atom. The first-order chi connectivity index (χ1) is 13.3. The Kier molecular flexibility index (Phi) is 7.90. The second-order valence-electron chi connectivity index (χ2n) is 7.74. The average Bonchev–Trinajstić information content (AvgIpc) is 2.74. The molecule has 1 aliphatic carbocycles.